The summed E-state index contributed by atoms with van der Waals surface area (Å²) in [4.78, 5) is 34.9. The highest BCUT2D eigenvalue weighted by Crippen LogP contribution is 2.43. The second kappa shape index (κ2) is 40.4. The Morgan fingerprint density at radius 3 is 1.34 bits per heavy atom. The predicted octanol–water partition coefficient (Wildman–Crippen LogP) is 12.6. The summed E-state index contributed by atoms with van der Waals surface area (Å²) in [5, 5.41) is 0. The lowest BCUT2D eigenvalue weighted by molar-refractivity contribution is -0.161. The number of carbonyl (C=O) groups excluding carboxylic acids is 2. The zero-order chi connectivity index (χ0) is 38.9. The number of phosphoric ester groups is 1. The summed E-state index contributed by atoms with van der Waals surface area (Å²) >= 11 is 0. The zero-order valence-electron chi connectivity index (χ0n) is 34.5. The number of ether oxygens (including phenoxy) is 2. The van der Waals surface area contributed by atoms with Crippen molar-refractivity contribution in [2.45, 2.75) is 225 Å². The third-order valence-electron chi connectivity index (χ3n) is 9.65. The van der Waals surface area contributed by atoms with Crippen molar-refractivity contribution < 1.29 is 37.6 Å². The predicted molar refractivity (Wildman–Crippen MR) is 220 cm³/mol. The van der Waals surface area contributed by atoms with E-state index in [0.29, 0.717) is 6.42 Å². The Morgan fingerprint density at radius 1 is 0.547 bits per heavy atom. The molecular weight excluding hydrogens is 689 g/mol. The molecular formula is C43H84NO8P. The highest BCUT2D eigenvalue weighted by atomic mass is 31.2. The van der Waals surface area contributed by atoms with Gasteiger partial charge < -0.3 is 20.1 Å². The van der Waals surface area contributed by atoms with Gasteiger partial charge in [0.1, 0.15) is 6.61 Å². The van der Waals surface area contributed by atoms with Crippen molar-refractivity contribution >= 4 is 19.8 Å². The molecule has 0 fully saturated rings. The highest BCUT2D eigenvalue weighted by molar-refractivity contribution is 7.47. The van der Waals surface area contributed by atoms with E-state index in [9.17, 15) is 19.0 Å². The van der Waals surface area contributed by atoms with Gasteiger partial charge in [0, 0.05) is 19.4 Å². The van der Waals surface area contributed by atoms with Crippen molar-refractivity contribution in [2.75, 3.05) is 26.4 Å². The summed E-state index contributed by atoms with van der Waals surface area (Å²) in [6.45, 7) is 3.75. The molecule has 0 saturated carbocycles. The first-order chi connectivity index (χ1) is 25.8. The van der Waals surface area contributed by atoms with Gasteiger partial charge in [0.15, 0.2) is 6.10 Å². The van der Waals surface area contributed by atoms with Crippen LogP contribution in [0, 0.1) is 0 Å². The number of phosphoric acid groups is 1. The fourth-order valence-electron chi connectivity index (χ4n) is 6.34. The molecule has 0 aliphatic heterocycles. The van der Waals surface area contributed by atoms with Crippen LogP contribution in [-0.2, 0) is 32.7 Å². The topological polar surface area (TPSA) is 134 Å². The maximum absolute atomic E-state index is 12.6. The van der Waals surface area contributed by atoms with E-state index in [1.165, 1.54) is 135 Å². The number of allylic oxidation sites excluding steroid dienone is 2. The third kappa shape index (κ3) is 40.2. The summed E-state index contributed by atoms with van der Waals surface area (Å²) in [7, 11) is -4.37. The van der Waals surface area contributed by atoms with E-state index in [4.69, 9.17) is 24.3 Å². The van der Waals surface area contributed by atoms with E-state index in [2.05, 4.69) is 26.0 Å². The van der Waals surface area contributed by atoms with Crippen molar-refractivity contribution in [3.63, 3.8) is 0 Å². The van der Waals surface area contributed by atoms with Gasteiger partial charge in [-0.1, -0.05) is 180 Å². The summed E-state index contributed by atoms with van der Waals surface area (Å²) in [6.07, 6.45) is 40.9. The average Bonchev–Trinajstić information content (AvgIpc) is 3.14. The highest BCUT2D eigenvalue weighted by Gasteiger charge is 2.26. The number of unbranched alkanes of at least 4 members (excludes halogenated alkanes) is 27. The monoisotopic (exact) mass is 774 g/mol. The Hall–Kier alpha value is -1.25. The molecule has 9 nitrogen and oxygen atoms in total. The molecule has 0 amide bonds. The summed E-state index contributed by atoms with van der Waals surface area (Å²) in [5.41, 5.74) is 5.35. The maximum Gasteiger partial charge on any atom is 0.472 e. The molecule has 2 atom stereocenters. The third-order valence-corrected chi connectivity index (χ3v) is 10.6. The van der Waals surface area contributed by atoms with E-state index < -0.39 is 26.5 Å². The molecule has 0 rings (SSSR count). The quantitative estimate of drug-likeness (QED) is 0.0269. The van der Waals surface area contributed by atoms with Crippen LogP contribution >= 0.6 is 7.82 Å². The number of rotatable bonds is 42. The Kier molecular flexibility index (Phi) is 39.5. The van der Waals surface area contributed by atoms with Gasteiger partial charge in [0.05, 0.1) is 13.2 Å². The van der Waals surface area contributed by atoms with Crippen molar-refractivity contribution in [3.05, 3.63) is 12.2 Å². The minimum Gasteiger partial charge on any atom is -0.462 e. The Labute approximate surface area is 326 Å². The number of hydrogen-bond acceptors (Lipinski definition) is 8. The largest absolute Gasteiger partial charge is 0.472 e. The van der Waals surface area contributed by atoms with Gasteiger partial charge in [0.25, 0.3) is 0 Å². The van der Waals surface area contributed by atoms with E-state index in [0.717, 1.165) is 51.4 Å². The van der Waals surface area contributed by atoms with Crippen LogP contribution in [0.3, 0.4) is 0 Å². The lowest BCUT2D eigenvalue weighted by Gasteiger charge is -2.19. The smallest absolute Gasteiger partial charge is 0.462 e. The first-order valence-electron chi connectivity index (χ1n) is 22.2. The molecule has 0 saturated heterocycles. The van der Waals surface area contributed by atoms with Crippen LogP contribution in [0.25, 0.3) is 0 Å². The Morgan fingerprint density at radius 2 is 0.925 bits per heavy atom. The lowest BCUT2D eigenvalue weighted by Crippen LogP contribution is -2.29. The maximum atomic E-state index is 12.6. The summed E-state index contributed by atoms with van der Waals surface area (Å²) in [6, 6.07) is 0. The van der Waals surface area contributed by atoms with Crippen LogP contribution in [0.2, 0.25) is 0 Å². The lowest BCUT2D eigenvalue weighted by atomic mass is 10.0. The van der Waals surface area contributed by atoms with Crippen molar-refractivity contribution in [1.82, 2.24) is 0 Å². The fourth-order valence-corrected chi connectivity index (χ4v) is 7.10. The molecule has 0 heterocycles. The summed E-state index contributed by atoms with van der Waals surface area (Å²) in [5.74, 6) is -0.827. The Bertz CT molecular complexity index is 886. The molecule has 3 N–H and O–H groups in total. The fraction of sp³-hybridized carbons (Fsp3) is 0.907. The molecule has 0 aromatic rings. The second-order valence-corrected chi connectivity index (χ2v) is 16.4. The van der Waals surface area contributed by atoms with Gasteiger partial charge in [-0.3, -0.25) is 18.6 Å². The van der Waals surface area contributed by atoms with E-state index >= 15 is 0 Å². The standard InChI is InChI=1S/C43H84NO8P/c1-3-5-7-9-11-13-15-17-19-20-22-24-26-28-30-32-34-36-43(46)52-41(40-51-53(47,48)50-38-37-44)39-49-42(45)35-33-31-29-27-25-23-21-18-16-14-12-10-8-6-4-2/h18,21,41H,3-17,19-20,22-40,44H2,1-2H3,(H,47,48)/b21-18+/t41-/m1/s1. The van der Waals surface area contributed by atoms with Gasteiger partial charge in [0.2, 0.25) is 0 Å². The second-order valence-electron chi connectivity index (χ2n) is 14.9. The average molecular weight is 774 g/mol. The summed E-state index contributed by atoms with van der Waals surface area (Å²) < 4.78 is 32.8. The van der Waals surface area contributed by atoms with Gasteiger partial charge in [-0.15, -0.1) is 0 Å². The van der Waals surface area contributed by atoms with Crippen LogP contribution in [0.4, 0.5) is 0 Å². The molecule has 0 aliphatic carbocycles. The van der Waals surface area contributed by atoms with Crippen LogP contribution in [0.5, 0.6) is 0 Å². The van der Waals surface area contributed by atoms with Crippen molar-refractivity contribution in [2.24, 2.45) is 5.73 Å². The number of esters is 2. The van der Waals surface area contributed by atoms with Gasteiger partial charge in [-0.2, -0.15) is 0 Å². The normalized spacial score (nSPS) is 13.4. The minimum atomic E-state index is -4.37. The Balaban J connectivity index is 4.12. The molecule has 0 aliphatic rings. The first-order valence-corrected chi connectivity index (χ1v) is 23.7. The molecule has 0 aromatic heterocycles. The van der Waals surface area contributed by atoms with E-state index in [1.54, 1.807) is 0 Å². The molecule has 1 unspecified atom stereocenters. The molecule has 0 radical (unpaired) electrons. The van der Waals surface area contributed by atoms with E-state index in [1.807, 2.05) is 0 Å². The van der Waals surface area contributed by atoms with Crippen LogP contribution in [0.1, 0.15) is 219 Å². The van der Waals surface area contributed by atoms with E-state index in [-0.39, 0.29) is 38.6 Å². The number of nitrogens with two attached hydrogens (primary N) is 1. The van der Waals surface area contributed by atoms with Crippen LogP contribution in [0.15, 0.2) is 12.2 Å². The van der Waals surface area contributed by atoms with Crippen LogP contribution < -0.4 is 5.73 Å². The molecule has 10 heteroatoms. The van der Waals surface area contributed by atoms with Crippen LogP contribution in [-0.4, -0.2) is 49.3 Å². The molecule has 0 aromatic carbocycles. The van der Waals surface area contributed by atoms with Gasteiger partial charge >= 0.3 is 19.8 Å². The number of carbonyl (C=O) groups is 2. The first kappa shape index (κ1) is 51.8. The molecule has 314 valence electrons. The van der Waals surface area contributed by atoms with Gasteiger partial charge in [-0.05, 0) is 38.5 Å². The zero-order valence-corrected chi connectivity index (χ0v) is 35.4. The van der Waals surface area contributed by atoms with Crippen molar-refractivity contribution in [1.29, 1.82) is 0 Å². The molecule has 0 bridgehead atoms. The number of hydrogen-bond donors (Lipinski definition) is 2. The van der Waals surface area contributed by atoms with Gasteiger partial charge in [-0.25, -0.2) is 4.57 Å². The molecule has 0 spiro atoms. The SMILES string of the molecule is CCCCCCCC/C=C/CCCCCCCC(=O)OC[C@H](COP(=O)(O)OCCN)OC(=O)CCCCCCCCCCCCCCCCCCC. The minimum absolute atomic E-state index is 0.0552. The van der Waals surface area contributed by atoms with Crippen molar-refractivity contribution in [3.8, 4) is 0 Å². The molecule has 53 heavy (non-hydrogen) atoms.